The number of phenols is 2. The van der Waals surface area contributed by atoms with E-state index in [0.717, 1.165) is 38.1 Å². The van der Waals surface area contributed by atoms with Crippen molar-refractivity contribution in [3.05, 3.63) is 50.1 Å². The van der Waals surface area contributed by atoms with Gasteiger partial charge in [0, 0.05) is 40.9 Å². The van der Waals surface area contributed by atoms with Crippen LogP contribution in [0.15, 0.2) is 35.3 Å². The van der Waals surface area contributed by atoms with Gasteiger partial charge in [0.1, 0.15) is 17.3 Å². The van der Waals surface area contributed by atoms with Crippen molar-refractivity contribution in [2.75, 3.05) is 18.4 Å². The van der Waals surface area contributed by atoms with Crippen molar-refractivity contribution < 1.29 is 29.7 Å². The average Bonchev–Trinajstić information content (AvgIpc) is 3.07. The fourth-order valence-corrected chi connectivity index (χ4v) is 4.79. The van der Waals surface area contributed by atoms with E-state index in [1.165, 1.54) is 24.3 Å². The summed E-state index contributed by atoms with van der Waals surface area (Å²) in [4.78, 5) is 41.0. The number of amidine groups is 1. The summed E-state index contributed by atoms with van der Waals surface area (Å²) in [5.41, 5.74) is 0.778. The molecule has 0 bridgehead atoms. The summed E-state index contributed by atoms with van der Waals surface area (Å²) >= 11 is 7.89. The molecule has 0 aromatic heterocycles. The molecule has 10 nitrogen and oxygen atoms in total. The molecular formula is C24H26ClIN4O6. The number of benzene rings is 2. The van der Waals surface area contributed by atoms with E-state index in [-0.39, 0.29) is 27.6 Å². The van der Waals surface area contributed by atoms with Crippen LogP contribution in [0.3, 0.4) is 0 Å². The number of phenolic OH excluding ortho intramolecular Hbond substituents is 2. The molecular weight excluding hydrogens is 603 g/mol. The molecule has 0 fully saturated rings. The van der Waals surface area contributed by atoms with E-state index < -0.39 is 36.8 Å². The van der Waals surface area contributed by atoms with Crippen LogP contribution in [-0.4, -0.2) is 52.0 Å². The Morgan fingerprint density at radius 2 is 1.86 bits per heavy atom. The van der Waals surface area contributed by atoms with Crippen molar-refractivity contribution in [2.45, 2.75) is 38.1 Å². The summed E-state index contributed by atoms with van der Waals surface area (Å²) in [7, 11) is 0. The van der Waals surface area contributed by atoms with E-state index in [4.69, 9.17) is 11.6 Å². The highest BCUT2D eigenvalue weighted by molar-refractivity contribution is 14.1. The predicted octanol–water partition coefficient (Wildman–Crippen LogP) is 3.80. The van der Waals surface area contributed by atoms with E-state index >= 15 is 0 Å². The van der Waals surface area contributed by atoms with Gasteiger partial charge in [-0.3, -0.25) is 19.4 Å². The van der Waals surface area contributed by atoms with Crippen molar-refractivity contribution in [3.63, 3.8) is 0 Å². The average molecular weight is 629 g/mol. The molecule has 0 saturated heterocycles. The highest BCUT2D eigenvalue weighted by Crippen LogP contribution is 2.34. The fraction of sp³-hybridized carbons (Fsp3) is 0.333. The van der Waals surface area contributed by atoms with Crippen molar-refractivity contribution in [1.29, 1.82) is 0 Å². The molecule has 1 heterocycles. The first-order valence-corrected chi connectivity index (χ1v) is 12.7. The molecule has 12 heteroatoms. The Morgan fingerprint density at radius 1 is 1.08 bits per heavy atom. The Hall–Kier alpha value is -3.06. The number of hydrogen-bond donors (Lipinski definition) is 6. The van der Waals surface area contributed by atoms with Gasteiger partial charge in [-0.1, -0.05) is 18.0 Å². The first-order valence-electron chi connectivity index (χ1n) is 11.2. The molecule has 0 saturated carbocycles. The van der Waals surface area contributed by atoms with E-state index in [9.17, 15) is 29.7 Å². The van der Waals surface area contributed by atoms with E-state index in [2.05, 4.69) is 20.9 Å². The topological polar surface area (TPSA) is 160 Å². The smallest absolute Gasteiger partial charge is 0.305 e. The minimum absolute atomic E-state index is 0.128. The molecule has 1 aliphatic rings. The van der Waals surface area contributed by atoms with Crippen LogP contribution in [0.1, 0.15) is 54.1 Å². The number of carboxylic acids is 1. The number of anilines is 1. The number of aromatic hydroxyl groups is 2. The molecule has 36 heavy (non-hydrogen) atoms. The number of rotatable bonds is 8. The van der Waals surface area contributed by atoms with Crippen molar-refractivity contribution in [3.8, 4) is 11.5 Å². The van der Waals surface area contributed by atoms with E-state index in [1.54, 1.807) is 6.07 Å². The summed E-state index contributed by atoms with van der Waals surface area (Å²) in [6.07, 6.45) is 3.38. The Bertz CT molecular complexity index is 1190. The maximum atomic E-state index is 12.7. The minimum atomic E-state index is -1.20. The monoisotopic (exact) mass is 628 g/mol. The third-order valence-corrected chi connectivity index (χ3v) is 6.44. The zero-order valence-corrected chi connectivity index (χ0v) is 22.1. The molecule has 0 aliphatic carbocycles. The molecule has 2 amide bonds. The number of nitrogens with zero attached hydrogens (tertiary/aromatic N) is 1. The van der Waals surface area contributed by atoms with Crippen LogP contribution in [0.4, 0.5) is 5.69 Å². The van der Waals surface area contributed by atoms with Gasteiger partial charge in [0.05, 0.1) is 22.6 Å². The van der Waals surface area contributed by atoms with Crippen LogP contribution in [0, 0.1) is 3.57 Å². The fourth-order valence-electron chi connectivity index (χ4n) is 3.73. The van der Waals surface area contributed by atoms with Crippen LogP contribution in [0.25, 0.3) is 0 Å². The summed E-state index contributed by atoms with van der Waals surface area (Å²) in [5.74, 6) is -2.01. The second kappa shape index (κ2) is 12.8. The van der Waals surface area contributed by atoms with Gasteiger partial charge in [0.15, 0.2) is 0 Å². The molecule has 1 atom stereocenters. The molecule has 3 rings (SSSR count). The minimum Gasteiger partial charge on any atom is -0.508 e. The van der Waals surface area contributed by atoms with Gasteiger partial charge < -0.3 is 31.3 Å². The van der Waals surface area contributed by atoms with Crippen LogP contribution in [0.5, 0.6) is 11.5 Å². The summed E-state index contributed by atoms with van der Waals surface area (Å²) < 4.78 is 0.399. The van der Waals surface area contributed by atoms with Gasteiger partial charge in [-0.15, -0.1) is 0 Å². The SMILES string of the molecule is O=C(O)C[C@@H](NC(=O)CNC(=O)c1cc(O)cc(NC2=NCCCCC2)c1)c1cc(Cl)cc(I)c1O. The molecule has 2 aromatic carbocycles. The van der Waals surface area contributed by atoms with E-state index in [1.807, 2.05) is 22.6 Å². The maximum absolute atomic E-state index is 12.7. The molecule has 1 aliphatic heterocycles. The van der Waals surface area contributed by atoms with Crippen LogP contribution in [-0.2, 0) is 9.59 Å². The first kappa shape index (κ1) is 27.5. The number of carbonyl (C=O) groups is 3. The lowest BCUT2D eigenvalue weighted by atomic mass is 10.0. The molecule has 2 aromatic rings. The number of hydrogen-bond acceptors (Lipinski definition) is 7. The highest BCUT2D eigenvalue weighted by atomic mass is 127. The van der Waals surface area contributed by atoms with Crippen LogP contribution in [0.2, 0.25) is 5.02 Å². The standard InChI is InChI=1S/C24H26ClIN4O6/c25-14-8-17(23(35)18(26)9-14)19(11-22(33)34)30-21(32)12-28-24(36)13-6-15(10-16(31)7-13)29-20-4-2-1-3-5-27-20/h6-10,19,31,35H,1-5,11-12H2,(H,27,29)(H,28,36)(H,30,32)(H,33,34)/t19-/m1/s1. The van der Waals surface area contributed by atoms with Crippen molar-refractivity contribution in [1.82, 2.24) is 10.6 Å². The second-order valence-electron chi connectivity index (χ2n) is 8.26. The summed E-state index contributed by atoms with van der Waals surface area (Å²) in [6, 6.07) is 6.10. The lowest BCUT2D eigenvalue weighted by Gasteiger charge is -2.20. The quantitative estimate of drug-likeness (QED) is 0.243. The van der Waals surface area contributed by atoms with Crippen LogP contribution >= 0.6 is 34.2 Å². The van der Waals surface area contributed by atoms with Crippen molar-refractivity contribution >= 4 is 63.5 Å². The van der Waals surface area contributed by atoms with Crippen molar-refractivity contribution in [2.24, 2.45) is 4.99 Å². The molecule has 0 radical (unpaired) electrons. The summed E-state index contributed by atoms with van der Waals surface area (Å²) in [6.45, 7) is 0.261. The number of carboxylic acid groups (broad SMARTS) is 1. The second-order valence-corrected chi connectivity index (χ2v) is 9.86. The molecule has 6 N–H and O–H groups in total. The lowest BCUT2D eigenvalue weighted by molar-refractivity contribution is -0.137. The molecule has 192 valence electrons. The zero-order chi connectivity index (χ0) is 26.2. The Labute approximate surface area is 226 Å². The van der Waals surface area contributed by atoms with Crippen LogP contribution < -0.4 is 16.0 Å². The highest BCUT2D eigenvalue weighted by Gasteiger charge is 2.23. The largest absolute Gasteiger partial charge is 0.508 e. The Balaban J connectivity index is 1.66. The number of aliphatic carboxylic acids is 1. The van der Waals surface area contributed by atoms with Gasteiger partial charge in [-0.25, -0.2) is 0 Å². The van der Waals surface area contributed by atoms with Gasteiger partial charge in [-0.05, 0) is 59.7 Å². The molecule has 0 unspecified atom stereocenters. The van der Waals surface area contributed by atoms with Gasteiger partial charge in [-0.2, -0.15) is 0 Å². The Morgan fingerprint density at radius 3 is 2.61 bits per heavy atom. The third kappa shape index (κ3) is 7.98. The third-order valence-electron chi connectivity index (χ3n) is 5.40. The Kier molecular flexibility index (Phi) is 9.76. The van der Waals surface area contributed by atoms with Gasteiger partial charge in [0.25, 0.3) is 5.91 Å². The number of nitrogens with one attached hydrogen (secondary N) is 3. The zero-order valence-electron chi connectivity index (χ0n) is 19.2. The number of aliphatic imine (C=N–C) groups is 1. The lowest BCUT2D eigenvalue weighted by Crippen LogP contribution is -2.39. The molecule has 0 spiro atoms. The number of amides is 2. The van der Waals surface area contributed by atoms with E-state index in [0.29, 0.717) is 9.26 Å². The summed E-state index contributed by atoms with van der Waals surface area (Å²) in [5, 5.41) is 38.1. The number of halogens is 2. The maximum Gasteiger partial charge on any atom is 0.305 e. The van der Waals surface area contributed by atoms with Gasteiger partial charge in [0.2, 0.25) is 5.91 Å². The predicted molar refractivity (Wildman–Crippen MR) is 144 cm³/mol. The normalized spacial score (nSPS) is 14.2. The first-order chi connectivity index (χ1) is 17.1. The van der Waals surface area contributed by atoms with Gasteiger partial charge >= 0.3 is 5.97 Å². The number of carbonyl (C=O) groups excluding carboxylic acids is 2.